The molecule has 2 aromatic carbocycles. The van der Waals surface area contributed by atoms with Crippen LogP contribution in [0.3, 0.4) is 0 Å². The largest absolute Gasteiger partial charge is 0.492 e. The van der Waals surface area contributed by atoms with E-state index < -0.39 is 29.7 Å². The number of amides is 3. The Labute approximate surface area is 182 Å². The van der Waals surface area contributed by atoms with E-state index in [9.17, 15) is 23.2 Å². The van der Waals surface area contributed by atoms with E-state index in [0.717, 1.165) is 12.1 Å². The molecule has 2 heterocycles. The lowest BCUT2D eigenvalue weighted by atomic mass is 9.97. The second kappa shape index (κ2) is 9.21. The standard InChI is InChI=1S/C22H21F2N3O5/c23-16-6-4-12(10-17(16)24)26-21(29)15-3-1-2-14-18(8-9-31-20(14)15)27-22(30)32-11-13-5-7-19(28)25-13/h1-4,6,10,13,18H,5,7-9,11H2,(H,25,28)(H,26,29)(H,27,30)/t13-,18-/m0/s1. The van der Waals surface area contributed by atoms with Gasteiger partial charge in [0.15, 0.2) is 11.6 Å². The maximum Gasteiger partial charge on any atom is 0.407 e. The second-order valence-electron chi connectivity index (χ2n) is 7.54. The minimum absolute atomic E-state index is 0.0634. The summed E-state index contributed by atoms with van der Waals surface area (Å²) in [4.78, 5) is 36.2. The molecule has 2 aliphatic rings. The highest BCUT2D eigenvalue weighted by molar-refractivity contribution is 6.06. The minimum Gasteiger partial charge on any atom is -0.492 e. The molecule has 32 heavy (non-hydrogen) atoms. The van der Waals surface area contributed by atoms with E-state index >= 15 is 0 Å². The predicted octanol–water partition coefficient (Wildman–Crippen LogP) is 3.05. The number of benzene rings is 2. The molecule has 2 aromatic rings. The Kier molecular flexibility index (Phi) is 6.20. The van der Waals surface area contributed by atoms with Gasteiger partial charge in [-0.15, -0.1) is 0 Å². The zero-order valence-electron chi connectivity index (χ0n) is 17.0. The summed E-state index contributed by atoms with van der Waals surface area (Å²) in [7, 11) is 0. The molecule has 0 spiro atoms. The van der Waals surface area contributed by atoms with Crippen LogP contribution in [-0.2, 0) is 9.53 Å². The van der Waals surface area contributed by atoms with Gasteiger partial charge in [-0.1, -0.05) is 12.1 Å². The second-order valence-corrected chi connectivity index (χ2v) is 7.54. The van der Waals surface area contributed by atoms with Crippen LogP contribution in [0.25, 0.3) is 0 Å². The van der Waals surface area contributed by atoms with Gasteiger partial charge in [-0.2, -0.15) is 0 Å². The highest BCUT2D eigenvalue weighted by Gasteiger charge is 2.28. The van der Waals surface area contributed by atoms with E-state index in [1.54, 1.807) is 12.1 Å². The van der Waals surface area contributed by atoms with Crippen LogP contribution in [0.2, 0.25) is 0 Å². The average Bonchev–Trinajstić information content (AvgIpc) is 3.20. The van der Waals surface area contributed by atoms with Crippen molar-refractivity contribution in [1.29, 1.82) is 0 Å². The number of ether oxygens (including phenoxy) is 2. The fraction of sp³-hybridized carbons (Fsp3) is 0.318. The summed E-state index contributed by atoms with van der Waals surface area (Å²) in [5, 5.41) is 8.00. The van der Waals surface area contributed by atoms with Gasteiger partial charge in [0.1, 0.15) is 12.4 Å². The molecule has 4 rings (SSSR count). The Hall–Kier alpha value is -3.69. The fourth-order valence-corrected chi connectivity index (χ4v) is 3.69. The number of fused-ring (bicyclic) bond motifs is 1. The molecule has 0 saturated carbocycles. The molecule has 0 aliphatic carbocycles. The first-order valence-electron chi connectivity index (χ1n) is 10.2. The average molecular weight is 445 g/mol. The van der Waals surface area contributed by atoms with Crippen molar-refractivity contribution in [2.45, 2.75) is 31.3 Å². The molecule has 1 saturated heterocycles. The van der Waals surface area contributed by atoms with Crippen molar-refractivity contribution in [2.75, 3.05) is 18.5 Å². The van der Waals surface area contributed by atoms with Crippen LogP contribution >= 0.6 is 0 Å². The van der Waals surface area contributed by atoms with Crippen LogP contribution in [0, 0.1) is 11.6 Å². The van der Waals surface area contributed by atoms with Crippen molar-refractivity contribution in [2.24, 2.45) is 0 Å². The van der Waals surface area contributed by atoms with Crippen molar-refractivity contribution in [3.63, 3.8) is 0 Å². The summed E-state index contributed by atoms with van der Waals surface area (Å²) >= 11 is 0. The number of carbonyl (C=O) groups excluding carboxylic acids is 3. The maximum absolute atomic E-state index is 13.4. The summed E-state index contributed by atoms with van der Waals surface area (Å²) in [6.07, 6.45) is 0.859. The van der Waals surface area contributed by atoms with Gasteiger partial charge in [-0.3, -0.25) is 9.59 Å². The van der Waals surface area contributed by atoms with Crippen molar-refractivity contribution in [3.8, 4) is 5.75 Å². The van der Waals surface area contributed by atoms with Crippen LogP contribution < -0.4 is 20.7 Å². The predicted molar refractivity (Wildman–Crippen MR) is 109 cm³/mol. The molecular weight excluding hydrogens is 424 g/mol. The van der Waals surface area contributed by atoms with E-state index in [1.165, 1.54) is 12.1 Å². The summed E-state index contributed by atoms with van der Waals surface area (Å²) < 4.78 is 37.5. The molecular formula is C22H21F2N3O5. The number of carbonyl (C=O) groups is 3. The number of halogens is 2. The van der Waals surface area contributed by atoms with Crippen LogP contribution in [0.5, 0.6) is 5.75 Å². The molecule has 10 heteroatoms. The number of alkyl carbamates (subject to hydrolysis) is 1. The summed E-state index contributed by atoms with van der Waals surface area (Å²) in [5.41, 5.74) is 0.889. The Morgan fingerprint density at radius 2 is 2.00 bits per heavy atom. The van der Waals surface area contributed by atoms with Gasteiger partial charge < -0.3 is 25.4 Å². The van der Waals surface area contributed by atoms with Crippen LogP contribution in [0.15, 0.2) is 36.4 Å². The lowest BCUT2D eigenvalue weighted by Crippen LogP contribution is -2.36. The van der Waals surface area contributed by atoms with Gasteiger partial charge in [0.05, 0.1) is 24.3 Å². The topological polar surface area (TPSA) is 106 Å². The normalized spacial score (nSPS) is 19.4. The van der Waals surface area contributed by atoms with E-state index in [4.69, 9.17) is 9.47 Å². The third-order valence-electron chi connectivity index (χ3n) is 5.29. The molecule has 0 radical (unpaired) electrons. The van der Waals surface area contributed by atoms with Gasteiger partial charge in [0.25, 0.3) is 5.91 Å². The molecule has 0 aromatic heterocycles. The molecule has 2 aliphatic heterocycles. The lowest BCUT2D eigenvalue weighted by Gasteiger charge is -2.28. The van der Waals surface area contributed by atoms with Crippen molar-refractivity contribution < 1.29 is 32.6 Å². The fourth-order valence-electron chi connectivity index (χ4n) is 3.69. The van der Waals surface area contributed by atoms with Gasteiger partial charge in [0, 0.05) is 30.2 Å². The number of nitrogens with one attached hydrogen (secondary N) is 3. The van der Waals surface area contributed by atoms with Crippen molar-refractivity contribution >= 4 is 23.6 Å². The molecule has 0 bridgehead atoms. The monoisotopic (exact) mass is 445 g/mol. The molecule has 3 amide bonds. The van der Waals surface area contributed by atoms with Crippen molar-refractivity contribution in [3.05, 3.63) is 59.2 Å². The number of rotatable bonds is 5. The van der Waals surface area contributed by atoms with Gasteiger partial charge in [-0.05, 0) is 24.6 Å². The molecule has 1 fully saturated rings. The first kappa shape index (κ1) is 21.5. The third kappa shape index (κ3) is 4.79. The maximum atomic E-state index is 13.4. The zero-order valence-corrected chi connectivity index (χ0v) is 17.0. The molecule has 168 valence electrons. The first-order chi connectivity index (χ1) is 15.4. The Bertz CT molecular complexity index is 1060. The number of hydrogen-bond acceptors (Lipinski definition) is 5. The number of anilines is 1. The summed E-state index contributed by atoms with van der Waals surface area (Å²) in [5.74, 6) is -2.42. The first-order valence-corrected chi connectivity index (χ1v) is 10.2. The molecule has 0 unspecified atom stereocenters. The number of hydrogen-bond donors (Lipinski definition) is 3. The van der Waals surface area contributed by atoms with E-state index in [2.05, 4.69) is 16.0 Å². The number of para-hydroxylation sites is 1. The Morgan fingerprint density at radius 3 is 2.75 bits per heavy atom. The van der Waals surface area contributed by atoms with Crippen molar-refractivity contribution in [1.82, 2.24) is 10.6 Å². The molecule has 8 nitrogen and oxygen atoms in total. The Balaban J connectivity index is 1.43. The SMILES string of the molecule is O=C1CC[C@@H](COC(=O)N[C@H]2CCOc3c(C(=O)Nc4ccc(F)c(F)c4)cccc32)N1. The summed E-state index contributed by atoms with van der Waals surface area (Å²) in [6.45, 7) is 0.330. The highest BCUT2D eigenvalue weighted by atomic mass is 19.2. The minimum atomic E-state index is -1.07. The van der Waals surface area contributed by atoms with E-state index in [1.807, 2.05) is 0 Å². The quantitative estimate of drug-likeness (QED) is 0.656. The Morgan fingerprint density at radius 1 is 1.16 bits per heavy atom. The lowest BCUT2D eigenvalue weighted by molar-refractivity contribution is -0.119. The summed E-state index contributed by atoms with van der Waals surface area (Å²) in [6, 6.07) is 7.33. The smallest absolute Gasteiger partial charge is 0.407 e. The van der Waals surface area contributed by atoms with Gasteiger partial charge >= 0.3 is 6.09 Å². The highest BCUT2D eigenvalue weighted by Crippen LogP contribution is 2.35. The van der Waals surface area contributed by atoms with E-state index in [-0.39, 0.29) is 36.4 Å². The van der Waals surface area contributed by atoms with Crippen LogP contribution in [0.1, 0.15) is 41.2 Å². The van der Waals surface area contributed by atoms with Crippen LogP contribution in [-0.4, -0.2) is 37.2 Å². The zero-order chi connectivity index (χ0) is 22.7. The van der Waals surface area contributed by atoms with E-state index in [0.29, 0.717) is 30.6 Å². The van der Waals surface area contributed by atoms with Gasteiger partial charge in [0.2, 0.25) is 5.91 Å². The molecule has 3 N–H and O–H groups in total. The third-order valence-corrected chi connectivity index (χ3v) is 5.29. The molecule has 2 atom stereocenters. The van der Waals surface area contributed by atoms with Gasteiger partial charge in [-0.25, -0.2) is 13.6 Å². The van der Waals surface area contributed by atoms with Crippen LogP contribution in [0.4, 0.5) is 19.3 Å².